The molecule has 0 spiro atoms. The van der Waals surface area contributed by atoms with Crippen LogP contribution >= 0.6 is 0 Å². The maximum Gasteiger partial charge on any atom is 0.0221 e. The first kappa shape index (κ1) is 22.1. The average molecular weight is 369 g/mol. The second kappa shape index (κ2) is 15.8. The highest BCUT2D eigenvalue weighted by Crippen LogP contribution is 2.18. The molecule has 1 saturated heterocycles. The lowest BCUT2D eigenvalue weighted by Gasteiger charge is -2.33. The molecule has 2 aliphatic rings. The molecule has 0 aromatic carbocycles. The van der Waals surface area contributed by atoms with Crippen LogP contribution in [0.4, 0.5) is 0 Å². The van der Waals surface area contributed by atoms with Crippen LogP contribution in [0.25, 0.3) is 0 Å². The molecule has 2 rings (SSSR count). The van der Waals surface area contributed by atoms with E-state index in [1.165, 1.54) is 51.4 Å². The highest BCUT2D eigenvalue weighted by Gasteiger charge is 2.23. The molecule has 26 heavy (non-hydrogen) atoms. The second-order valence-corrected chi connectivity index (χ2v) is 7.82. The number of rotatable bonds is 0. The van der Waals surface area contributed by atoms with Crippen molar-refractivity contribution in [2.75, 3.05) is 65.4 Å². The predicted molar refractivity (Wildman–Crippen MR) is 112 cm³/mol. The van der Waals surface area contributed by atoms with Gasteiger partial charge in [0.2, 0.25) is 0 Å². The molecule has 6 nitrogen and oxygen atoms in total. The minimum Gasteiger partial charge on any atom is -0.317 e. The van der Waals surface area contributed by atoms with Gasteiger partial charge >= 0.3 is 0 Å². The molecule has 1 aliphatic heterocycles. The van der Waals surface area contributed by atoms with Crippen LogP contribution in [0.3, 0.4) is 0 Å². The smallest absolute Gasteiger partial charge is 0.0221 e. The Hall–Kier alpha value is -0.240. The van der Waals surface area contributed by atoms with Gasteiger partial charge in [0.05, 0.1) is 0 Å². The van der Waals surface area contributed by atoms with E-state index in [0.29, 0.717) is 12.1 Å². The molecule has 0 aromatic heterocycles. The Morgan fingerprint density at radius 1 is 0.346 bits per heavy atom. The lowest BCUT2D eigenvalue weighted by molar-refractivity contribution is 0.282. The van der Waals surface area contributed by atoms with Gasteiger partial charge in [0, 0.05) is 25.2 Å². The third-order valence-electron chi connectivity index (χ3n) is 5.53. The summed E-state index contributed by atoms with van der Waals surface area (Å²) >= 11 is 0. The van der Waals surface area contributed by atoms with Gasteiger partial charge in [-0.1, -0.05) is 12.8 Å². The number of nitrogens with one attached hydrogen (secondary N) is 6. The van der Waals surface area contributed by atoms with Crippen molar-refractivity contribution >= 4 is 0 Å². The van der Waals surface area contributed by atoms with Gasteiger partial charge in [0.25, 0.3) is 0 Å². The molecular weight excluding hydrogens is 324 g/mol. The second-order valence-electron chi connectivity index (χ2n) is 7.82. The van der Waals surface area contributed by atoms with Gasteiger partial charge < -0.3 is 31.9 Å². The summed E-state index contributed by atoms with van der Waals surface area (Å²) in [6.45, 7) is 11.2. The quantitative estimate of drug-likeness (QED) is 0.372. The van der Waals surface area contributed by atoms with Gasteiger partial charge in [0.1, 0.15) is 0 Å². The number of fused-ring (bicyclic) bond motifs is 1. The summed E-state index contributed by atoms with van der Waals surface area (Å²) in [4.78, 5) is 0. The molecule has 1 saturated carbocycles. The Morgan fingerprint density at radius 2 is 0.692 bits per heavy atom. The molecule has 1 heterocycles. The molecule has 6 heteroatoms. The van der Waals surface area contributed by atoms with E-state index in [0.717, 1.165) is 65.4 Å². The van der Waals surface area contributed by atoms with Crippen molar-refractivity contribution in [2.45, 2.75) is 63.5 Å². The Balaban J connectivity index is 1.63. The van der Waals surface area contributed by atoms with E-state index in [4.69, 9.17) is 0 Å². The van der Waals surface area contributed by atoms with Crippen LogP contribution in [0.5, 0.6) is 0 Å². The summed E-state index contributed by atoms with van der Waals surface area (Å²) in [6, 6.07) is 1.34. The first-order valence-electron chi connectivity index (χ1n) is 11.3. The molecule has 154 valence electrons. The molecular formula is C20H44N6. The molecule has 0 amide bonds. The van der Waals surface area contributed by atoms with E-state index < -0.39 is 0 Å². The van der Waals surface area contributed by atoms with Gasteiger partial charge in [-0.25, -0.2) is 0 Å². The normalized spacial score (nSPS) is 30.5. The van der Waals surface area contributed by atoms with Crippen molar-refractivity contribution in [3.8, 4) is 0 Å². The first-order chi connectivity index (χ1) is 13.0. The molecule has 2 fully saturated rings. The number of hydrogen-bond donors (Lipinski definition) is 6. The summed E-state index contributed by atoms with van der Waals surface area (Å²) in [7, 11) is 0. The maximum absolute atomic E-state index is 3.82. The van der Waals surface area contributed by atoms with E-state index in [1.807, 2.05) is 0 Å². The monoisotopic (exact) mass is 368 g/mol. The van der Waals surface area contributed by atoms with Crippen molar-refractivity contribution in [1.82, 2.24) is 31.9 Å². The lowest BCUT2D eigenvalue weighted by atomic mass is 9.90. The minimum absolute atomic E-state index is 0.671. The van der Waals surface area contributed by atoms with Gasteiger partial charge in [-0.3, -0.25) is 0 Å². The van der Waals surface area contributed by atoms with Crippen molar-refractivity contribution in [1.29, 1.82) is 0 Å². The van der Waals surface area contributed by atoms with Gasteiger partial charge in [0.15, 0.2) is 0 Å². The van der Waals surface area contributed by atoms with E-state index >= 15 is 0 Å². The summed E-state index contributed by atoms with van der Waals surface area (Å²) in [5, 5.41) is 21.8. The fourth-order valence-corrected chi connectivity index (χ4v) is 3.97. The zero-order valence-electron chi connectivity index (χ0n) is 16.9. The molecule has 0 bridgehead atoms. The van der Waals surface area contributed by atoms with E-state index in [9.17, 15) is 0 Å². The summed E-state index contributed by atoms with van der Waals surface area (Å²) < 4.78 is 0. The van der Waals surface area contributed by atoms with Crippen molar-refractivity contribution in [3.63, 3.8) is 0 Å². The van der Waals surface area contributed by atoms with Crippen LogP contribution in [0, 0.1) is 0 Å². The van der Waals surface area contributed by atoms with Crippen LogP contribution in [0.2, 0.25) is 0 Å². The highest BCUT2D eigenvalue weighted by molar-refractivity contribution is 4.86. The fourth-order valence-electron chi connectivity index (χ4n) is 3.97. The Labute approximate surface area is 161 Å². The summed E-state index contributed by atoms with van der Waals surface area (Å²) in [5.41, 5.74) is 0. The topological polar surface area (TPSA) is 72.2 Å². The Morgan fingerprint density at radius 3 is 1.12 bits per heavy atom. The van der Waals surface area contributed by atoms with Crippen molar-refractivity contribution in [2.24, 2.45) is 0 Å². The Bertz CT molecular complexity index is 285. The van der Waals surface area contributed by atoms with Crippen molar-refractivity contribution in [3.05, 3.63) is 0 Å². The van der Waals surface area contributed by atoms with Gasteiger partial charge in [-0.05, 0) is 90.9 Å². The molecule has 2 atom stereocenters. The molecule has 6 N–H and O–H groups in total. The fraction of sp³-hybridized carbons (Fsp3) is 1.00. The third kappa shape index (κ3) is 10.8. The largest absolute Gasteiger partial charge is 0.317 e. The highest BCUT2D eigenvalue weighted by atomic mass is 15.0. The minimum atomic E-state index is 0.671. The standard InChI is InChI=1S/C20H44N6/c1-2-8-20-19(7-1)25-15-5-13-21-9-3-11-23-17-18-24-12-4-10-22-14-6-16-26-20/h19-26H,1-18H2/t19-,20-/m1/s1. The van der Waals surface area contributed by atoms with Crippen LogP contribution in [0.1, 0.15) is 51.4 Å². The van der Waals surface area contributed by atoms with E-state index in [-0.39, 0.29) is 0 Å². The van der Waals surface area contributed by atoms with Crippen LogP contribution < -0.4 is 31.9 Å². The van der Waals surface area contributed by atoms with Crippen LogP contribution in [-0.2, 0) is 0 Å². The zero-order valence-corrected chi connectivity index (χ0v) is 16.9. The average Bonchev–Trinajstić information content (AvgIpc) is 2.66. The zero-order chi connectivity index (χ0) is 18.1. The summed E-state index contributed by atoms with van der Waals surface area (Å²) in [5.74, 6) is 0. The predicted octanol–water partition coefficient (Wildman–Crippen LogP) is 0.409. The Kier molecular flexibility index (Phi) is 13.4. The molecule has 0 aromatic rings. The first-order valence-corrected chi connectivity index (χ1v) is 11.3. The van der Waals surface area contributed by atoms with Gasteiger partial charge in [-0.2, -0.15) is 0 Å². The molecule has 0 unspecified atom stereocenters. The van der Waals surface area contributed by atoms with Crippen LogP contribution in [0.15, 0.2) is 0 Å². The lowest BCUT2D eigenvalue weighted by Crippen LogP contribution is -2.50. The van der Waals surface area contributed by atoms with E-state index in [2.05, 4.69) is 31.9 Å². The van der Waals surface area contributed by atoms with Gasteiger partial charge in [-0.15, -0.1) is 0 Å². The molecule has 1 aliphatic carbocycles. The third-order valence-corrected chi connectivity index (χ3v) is 5.53. The van der Waals surface area contributed by atoms with Crippen LogP contribution in [-0.4, -0.2) is 77.5 Å². The SMILES string of the molecule is C1CNCCCN[C@@H]2CCCC[C@H]2NCCCNCCCNCCNC1. The number of hydrogen-bond acceptors (Lipinski definition) is 6. The maximum atomic E-state index is 3.82. The van der Waals surface area contributed by atoms with Crippen molar-refractivity contribution < 1.29 is 0 Å². The van der Waals surface area contributed by atoms with E-state index in [1.54, 1.807) is 0 Å². The summed E-state index contributed by atoms with van der Waals surface area (Å²) in [6.07, 6.45) is 10.3. The molecule has 0 radical (unpaired) electrons.